The molecule has 2 aliphatic heterocycles. The molecule has 2 amide bonds. The van der Waals surface area contributed by atoms with Crippen molar-refractivity contribution in [3.05, 3.63) is 60.3 Å². The van der Waals surface area contributed by atoms with E-state index in [1.807, 2.05) is 7.05 Å². The normalized spacial score (nSPS) is 17.3. The molecule has 3 aromatic rings. The number of hydrogen-bond acceptors (Lipinski definition) is 8. The largest absolute Gasteiger partial charge is 0.495 e. The number of anilines is 5. The highest BCUT2D eigenvalue weighted by molar-refractivity contribution is 6.02. The van der Waals surface area contributed by atoms with Crippen LogP contribution in [0, 0.1) is 0 Å². The van der Waals surface area contributed by atoms with Crippen molar-refractivity contribution in [2.45, 2.75) is 12.0 Å². The number of methoxy groups -OCH3 is 1. The minimum absolute atomic E-state index is 0.101. The third-order valence-electron chi connectivity index (χ3n) is 6.52. The SMILES string of the molecule is COc1cc(C(=O)NC2CN(C)C2)ccc1Nc1ncc2c(n1)N(c1ccccc1)CC(F)(F)C(=O)N2C. The number of likely N-dealkylation sites (tertiary alicyclic amines) is 1. The smallest absolute Gasteiger partial charge is 0.342 e. The van der Waals surface area contributed by atoms with Crippen LogP contribution in [0.25, 0.3) is 0 Å². The standard InChI is InChI=1S/C26H27F2N7O3/c1-33-13-17(14-33)30-23(36)16-9-10-19(21(11-16)38-3)31-25-29-12-20-22(32-25)35(18-7-5-4-6-8-18)15-26(27,28)24(37)34(20)2/h4-12,17H,13-15H2,1-3H3,(H,30,36)(H,29,31,32). The van der Waals surface area contributed by atoms with Gasteiger partial charge in [-0.05, 0) is 37.4 Å². The monoisotopic (exact) mass is 523 g/mol. The van der Waals surface area contributed by atoms with Gasteiger partial charge in [0.1, 0.15) is 11.4 Å². The van der Waals surface area contributed by atoms with Crippen molar-refractivity contribution < 1.29 is 23.1 Å². The Balaban J connectivity index is 1.45. The number of fused-ring (bicyclic) bond motifs is 1. The zero-order valence-corrected chi connectivity index (χ0v) is 21.1. The Labute approximate surface area is 218 Å². The van der Waals surface area contributed by atoms with Gasteiger partial charge >= 0.3 is 5.92 Å². The van der Waals surface area contributed by atoms with E-state index in [1.165, 1.54) is 25.3 Å². The van der Waals surface area contributed by atoms with Crippen molar-refractivity contribution in [1.82, 2.24) is 20.2 Å². The van der Waals surface area contributed by atoms with Gasteiger partial charge in [0.2, 0.25) is 5.95 Å². The molecule has 1 aromatic heterocycles. The molecule has 198 valence electrons. The van der Waals surface area contributed by atoms with Gasteiger partial charge in [0.05, 0.1) is 31.6 Å². The maximum Gasteiger partial charge on any atom is 0.342 e. The van der Waals surface area contributed by atoms with Crippen LogP contribution in [-0.2, 0) is 4.79 Å². The highest BCUT2D eigenvalue weighted by Crippen LogP contribution is 2.40. The lowest BCUT2D eigenvalue weighted by Crippen LogP contribution is -2.57. The molecule has 0 radical (unpaired) electrons. The summed E-state index contributed by atoms with van der Waals surface area (Å²) in [4.78, 5) is 38.2. The minimum atomic E-state index is -3.65. The van der Waals surface area contributed by atoms with Crippen molar-refractivity contribution in [2.75, 3.05) is 56.0 Å². The summed E-state index contributed by atoms with van der Waals surface area (Å²) in [5.41, 5.74) is 1.50. The summed E-state index contributed by atoms with van der Waals surface area (Å²) >= 11 is 0. The predicted molar refractivity (Wildman–Crippen MR) is 139 cm³/mol. The molecule has 5 rings (SSSR count). The number of para-hydroxylation sites is 1. The lowest BCUT2D eigenvalue weighted by molar-refractivity contribution is -0.140. The number of hydrogen-bond donors (Lipinski definition) is 2. The molecule has 0 spiro atoms. The summed E-state index contributed by atoms with van der Waals surface area (Å²) in [6.45, 7) is 0.712. The second kappa shape index (κ2) is 9.86. The Morgan fingerprint density at radius 2 is 1.87 bits per heavy atom. The van der Waals surface area contributed by atoms with Crippen LogP contribution < -0.4 is 25.2 Å². The molecule has 1 saturated heterocycles. The number of nitrogens with zero attached hydrogens (tertiary/aromatic N) is 5. The van der Waals surface area contributed by atoms with E-state index in [2.05, 4.69) is 25.5 Å². The van der Waals surface area contributed by atoms with Crippen LogP contribution in [0.4, 0.5) is 37.6 Å². The Bertz CT molecular complexity index is 1370. The van der Waals surface area contributed by atoms with E-state index in [1.54, 1.807) is 48.5 Å². The molecule has 3 heterocycles. The van der Waals surface area contributed by atoms with Gasteiger partial charge < -0.3 is 30.1 Å². The molecule has 0 saturated carbocycles. The second-order valence-electron chi connectivity index (χ2n) is 9.32. The van der Waals surface area contributed by atoms with Gasteiger partial charge in [-0.3, -0.25) is 9.59 Å². The quantitative estimate of drug-likeness (QED) is 0.509. The molecular formula is C26H27F2N7O3. The van der Waals surface area contributed by atoms with Crippen molar-refractivity contribution in [3.8, 4) is 5.75 Å². The molecule has 0 aliphatic carbocycles. The summed E-state index contributed by atoms with van der Waals surface area (Å²) in [7, 11) is 4.73. The summed E-state index contributed by atoms with van der Waals surface area (Å²) in [5.74, 6) is -4.58. The van der Waals surface area contributed by atoms with E-state index in [-0.39, 0.29) is 29.4 Å². The van der Waals surface area contributed by atoms with Crippen LogP contribution in [0.1, 0.15) is 10.4 Å². The fourth-order valence-electron chi connectivity index (χ4n) is 4.49. The van der Waals surface area contributed by atoms with E-state index in [0.717, 1.165) is 18.0 Å². The molecule has 2 aromatic carbocycles. The van der Waals surface area contributed by atoms with Crippen LogP contribution in [0.3, 0.4) is 0 Å². The average Bonchev–Trinajstić information content (AvgIpc) is 2.97. The number of benzene rings is 2. The number of ether oxygens (including phenoxy) is 1. The molecule has 2 aliphatic rings. The number of aromatic nitrogens is 2. The lowest BCUT2D eigenvalue weighted by Gasteiger charge is -2.36. The maximum absolute atomic E-state index is 14.8. The first-order valence-electron chi connectivity index (χ1n) is 12.0. The predicted octanol–water partition coefficient (Wildman–Crippen LogP) is 3.02. The zero-order chi connectivity index (χ0) is 27.0. The van der Waals surface area contributed by atoms with E-state index >= 15 is 0 Å². The second-order valence-corrected chi connectivity index (χ2v) is 9.32. The van der Waals surface area contributed by atoms with Crippen molar-refractivity contribution in [1.29, 1.82) is 0 Å². The Morgan fingerprint density at radius 1 is 1.13 bits per heavy atom. The number of carbonyl (C=O) groups excluding carboxylic acids is 2. The first-order chi connectivity index (χ1) is 18.2. The van der Waals surface area contributed by atoms with Crippen LogP contribution >= 0.6 is 0 Å². The van der Waals surface area contributed by atoms with E-state index < -0.39 is 18.4 Å². The van der Waals surface area contributed by atoms with Gasteiger partial charge in [0.15, 0.2) is 5.82 Å². The fourth-order valence-corrected chi connectivity index (χ4v) is 4.49. The third kappa shape index (κ3) is 4.82. The summed E-state index contributed by atoms with van der Waals surface area (Å²) in [6, 6.07) is 13.6. The molecule has 1 fully saturated rings. The number of nitrogens with one attached hydrogen (secondary N) is 2. The Kier molecular flexibility index (Phi) is 6.57. The lowest BCUT2D eigenvalue weighted by atomic mass is 10.1. The first-order valence-corrected chi connectivity index (χ1v) is 12.0. The molecule has 12 heteroatoms. The van der Waals surface area contributed by atoms with Crippen molar-refractivity contribution in [3.63, 3.8) is 0 Å². The maximum atomic E-state index is 14.8. The Morgan fingerprint density at radius 3 is 2.55 bits per heavy atom. The molecule has 0 bridgehead atoms. The van der Waals surface area contributed by atoms with Gasteiger partial charge in [0.25, 0.3) is 11.8 Å². The van der Waals surface area contributed by atoms with Gasteiger partial charge in [-0.2, -0.15) is 13.8 Å². The topological polar surface area (TPSA) is 103 Å². The van der Waals surface area contributed by atoms with Crippen LogP contribution in [0.5, 0.6) is 5.75 Å². The van der Waals surface area contributed by atoms with Gasteiger partial charge in [-0.25, -0.2) is 4.98 Å². The number of amides is 2. The number of likely N-dealkylation sites (N-methyl/N-ethyl adjacent to an activating group) is 1. The van der Waals surface area contributed by atoms with E-state index in [0.29, 0.717) is 22.7 Å². The molecular weight excluding hydrogens is 496 g/mol. The number of rotatable bonds is 6. The number of carbonyl (C=O) groups is 2. The van der Waals surface area contributed by atoms with Crippen molar-refractivity contribution >= 4 is 40.6 Å². The van der Waals surface area contributed by atoms with Crippen molar-refractivity contribution in [2.24, 2.45) is 0 Å². The average molecular weight is 524 g/mol. The van der Waals surface area contributed by atoms with Gasteiger partial charge in [-0.1, -0.05) is 18.2 Å². The third-order valence-corrected chi connectivity index (χ3v) is 6.52. The van der Waals surface area contributed by atoms with Crippen LogP contribution in [0.15, 0.2) is 54.7 Å². The summed E-state index contributed by atoms with van der Waals surface area (Å²) in [6.07, 6.45) is 1.32. The van der Waals surface area contributed by atoms with Gasteiger partial charge in [0, 0.05) is 31.4 Å². The summed E-state index contributed by atoms with van der Waals surface area (Å²) < 4.78 is 35.2. The highest BCUT2D eigenvalue weighted by atomic mass is 19.3. The first kappa shape index (κ1) is 25.3. The van der Waals surface area contributed by atoms with E-state index in [9.17, 15) is 18.4 Å². The van der Waals surface area contributed by atoms with Crippen LogP contribution in [0.2, 0.25) is 0 Å². The minimum Gasteiger partial charge on any atom is -0.495 e. The molecule has 38 heavy (non-hydrogen) atoms. The zero-order valence-electron chi connectivity index (χ0n) is 21.1. The Hall–Kier alpha value is -4.32. The number of alkyl halides is 2. The van der Waals surface area contributed by atoms with Gasteiger partial charge in [-0.15, -0.1) is 0 Å². The molecule has 2 N–H and O–H groups in total. The number of halogens is 2. The molecule has 10 nitrogen and oxygen atoms in total. The van der Waals surface area contributed by atoms with Crippen LogP contribution in [-0.4, -0.2) is 79.5 Å². The van der Waals surface area contributed by atoms with E-state index in [4.69, 9.17) is 4.74 Å². The summed E-state index contributed by atoms with van der Waals surface area (Å²) in [5, 5.41) is 6.02. The molecule has 0 unspecified atom stereocenters. The highest BCUT2D eigenvalue weighted by Gasteiger charge is 2.47. The fraction of sp³-hybridized carbons (Fsp3) is 0.308. The molecule has 0 atom stereocenters.